The van der Waals surface area contributed by atoms with Crippen molar-refractivity contribution in [1.82, 2.24) is 39.2 Å². The number of fused-ring (bicyclic) bond motifs is 2. The minimum atomic E-state index is -1.14. The maximum Gasteiger partial charge on any atom is 0.411 e. The first-order chi connectivity index (χ1) is 62.5. The zero-order valence-corrected chi connectivity index (χ0v) is 85.0. The molecule has 6 saturated heterocycles. The molecule has 0 spiro atoms. The number of amides is 4. The van der Waals surface area contributed by atoms with E-state index in [1.54, 1.807) is 33.4 Å². The number of hydrogen-bond donors (Lipinski definition) is 0. The lowest BCUT2D eigenvalue weighted by molar-refractivity contribution is -0.314. The Labute approximate surface area is 791 Å². The van der Waals surface area contributed by atoms with Crippen molar-refractivity contribution >= 4 is 59.8 Å². The number of aliphatic carboxylic acids is 2. The molecule has 4 amide bonds. The summed E-state index contributed by atoms with van der Waals surface area (Å²) in [5.41, 5.74) is 3.48. The molecule has 0 bridgehead atoms. The highest BCUT2D eigenvalue weighted by Crippen LogP contribution is 2.41. The molecular formula is C106H166N8O18-2. The summed E-state index contributed by atoms with van der Waals surface area (Å²) in [6.07, 6.45) is 12.8. The molecule has 6 heterocycles. The van der Waals surface area contributed by atoms with Crippen molar-refractivity contribution in [1.29, 1.82) is 0 Å². The number of rotatable bonds is 34. The van der Waals surface area contributed by atoms with Gasteiger partial charge in [0.1, 0.15) is 23.3 Å². The van der Waals surface area contributed by atoms with E-state index in [1.165, 1.54) is 39.6 Å². The van der Waals surface area contributed by atoms with Gasteiger partial charge in [0.25, 0.3) is 0 Å². The van der Waals surface area contributed by atoms with Crippen LogP contribution in [0.1, 0.15) is 264 Å². The summed E-state index contributed by atoms with van der Waals surface area (Å²) in [7, 11) is 5.53. The molecule has 26 nitrogen and oxygen atoms in total. The smallest absolute Gasteiger partial charge is 0.411 e. The van der Waals surface area contributed by atoms with E-state index in [9.17, 15) is 58.2 Å². The fraction of sp³-hybridized carbons (Fsp3) is 0.679. The van der Waals surface area contributed by atoms with E-state index < -0.39 is 59.5 Å². The number of esters is 4. The highest BCUT2D eigenvalue weighted by atomic mass is 16.6. The Morgan fingerprint density at radius 1 is 0.386 bits per heavy atom. The van der Waals surface area contributed by atoms with Gasteiger partial charge in [-0.1, -0.05) is 231 Å². The zero-order chi connectivity index (χ0) is 98.6. The molecule has 16 atom stereocenters. The lowest BCUT2D eigenvalue weighted by Crippen LogP contribution is -2.52. The number of methoxy groups -OCH3 is 4. The Bertz CT molecular complexity index is 3870. The molecule has 0 unspecified atom stereocenters. The second kappa shape index (κ2) is 55.8. The van der Waals surface area contributed by atoms with Crippen LogP contribution in [0.2, 0.25) is 0 Å². The Morgan fingerprint density at radius 3 is 0.932 bits per heavy atom. The lowest BCUT2D eigenvalue weighted by Gasteiger charge is -2.35. The topological polar surface area (TPSA) is 298 Å². The lowest BCUT2D eigenvalue weighted by atomic mass is 9.90. The molecule has 740 valence electrons. The monoisotopic (exact) mass is 1840 g/mol. The quantitative estimate of drug-likeness (QED) is 0.0310. The van der Waals surface area contributed by atoms with Gasteiger partial charge in [-0.2, -0.15) is 0 Å². The highest BCUT2D eigenvalue weighted by Gasteiger charge is 2.51. The fourth-order valence-electron chi connectivity index (χ4n) is 19.7. The number of hydrogen-bond acceptors (Lipinski definition) is 22. The molecule has 26 heteroatoms. The Kier molecular flexibility index (Phi) is 48.0. The standard InChI is InChI=1S/2C28H44N2O6.2C23H34N2O3.2C2H6/c2*1-19(2)16-24(25(31)32)29-18-30(27(34)36-28(4,5)6)23(17-21-13-9-8-10-14-21)22(29)15-11-12-20(3)26(33)35-7;2*1-16(2)14-21-22(26)24(17(3)23(27)28-4)13-11-20-19(10-12-25(20)21)15-18-8-6-5-7-9-18;2*1-2/h2*8-10,13-14,19-20,22-24H,11-12,15-18H2,1-7H3,(H,31,32);2*5-9,16-17,19-21H,10-15H2,1-4H3;2*1-2H3/p-2/t20-,22+,23+,24+;20-,22-,23+,24+;17-,19-,20+,21-;17-,19-,20-,21-;;/m1100../s1. The molecule has 0 saturated carbocycles. The van der Waals surface area contributed by atoms with Gasteiger partial charge in [-0.05, 0) is 229 Å². The summed E-state index contributed by atoms with van der Waals surface area (Å²) in [6, 6.07) is 37.8. The van der Waals surface area contributed by atoms with Gasteiger partial charge in [0.05, 0.1) is 102 Å². The van der Waals surface area contributed by atoms with Crippen LogP contribution in [0.3, 0.4) is 0 Å². The second-order valence-electron chi connectivity index (χ2n) is 39.9. The van der Waals surface area contributed by atoms with Gasteiger partial charge in [-0.3, -0.25) is 48.6 Å². The maximum atomic E-state index is 13.4. The van der Waals surface area contributed by atoms with Crippen LogP contribution < -0.4 is 10.2 Å². The third-order valence-electron chi connectivity index (χ3n) is 26.0. The van der Waals surface area contributed by atoms with Crippen molar-refractivity contribution in [2.75, 3.05) is 68.0 Å². The second-order valence-corrected chi connectivity index (χ2v) is 39.9. The summed E-state index contributed by atoms with van der Waals surface area (Å²) in [6.45, 7) is 46.2. The Balaban J connectivity index is 0.000000309. The first kappa shape index (κ1) is 114. The minimum Gasteiger partial charge on any atom is -0.548 e. The predicted octanol–water partition coefficient (Wildman–Crippen LogP) is 15.5. The number of carbonyl (C=O) groups excluding carboxylic acids is 10. The average molecular weight is 1840 g/mol. The number of carboxylic acids is 2. The average Bonchev–Trinajstić information content (AvgIpc) is 1.64. The predicted molar refractivity (Wildman–Crippen MR) is 514 cm³/mol. The van der Waals surface area contributed by atoms with Crippen LogP contribution in [0.5, 0.6) is 0 Å². The number of carboxylic acid groups (broad SMARTS) is 2. The summed E-state index contributed by atoms with van der Waals surface area (Å²) in [5.74, 6) is -1.57. The van der Waals surface area contributed by atoms with E-state index in [-0.39, 0.29) is 109 Å². The van der Waals surface area contributed by atoms with Crippen LogP contribution in [-0.4, -0.2) is 251 Å². The van der Waals surface area contributed by atoms with Crippen LogP contribution >= 0.6 is 0 Å². The third kappa shape index (κ3) is 34.4. The van der Waals surface area contributed by atoms with Gasteiger partial charge in [0.2, 0.25) is 11.8 Å². The summed E-state index contributed by atoms with van der Waals surface area (Å²) in [4.78, 5) is 142. The van der Waals surface area contributed by atoms with Gasteiger partial charge < -0.3 is 58.0 Å². The summed E-state index contributed by atoms with van der Waals surface area (Å²) < 4.78 is 31.0. The molecule has 0 aliphatic carbocycles. The molecular weight excluding hydrogens is 1670 g/mol. The summed E-state index contributed by atoms with van der Waals surface area (Å²) >= 11 is 0. The number of ether oxygens (including phenoxy) is 6. The maximum absolute atomic E-state index is 13.4. The normalized spacial score (nSPS) is 22.5. The highest BCUT2D eigenvalue weighted by molar-refractivity contribution is 5.89. The third-order valence-corrected chi connectivity index (χ3v) is 26.0. The molecule has 6 fully saturated rings. The van der Waals surface area contributed by atoms with Gasteiger partial charge in [0.15, 0.2) is 0 Å². The molecule has 132 heavy (non-hydrogen) atoms. The van der Waals surface area contributed by atoms with Crippen molar-refractivity contribution in [3.63, 3.8) is 0 Å². The fourth-order valence-corrected chi connectivity index (χ4v) is 19.7. The molecule has 0 aromatic heterocycles. The van der Waals surface area contributed by atoms with E-state index in [0.29, 0.717) is 113 Å². The van der Waals surface area contributed by atoms with Gasteiger partial charge in [0, 0.05) is 37.3 Å². The van der Waals surface area contributed by atoms with Gasteiger partial charge in [-0.25, -0.2) is 19.2 Å². The molecule has 10 rings (SSSR count). The zero-order valence-electron chi connectivity index (χ0n) is 85.0. The molecule has 4 aromatic carbocycles. The van der Waals surface area contributed by atoms with Crippen LogP contribution in [0.4, 0.5) is 9.59 Å². The van der Waals surface area contributed by atoms with Crippen LogP contribution in [0.25, 0.3) is 0 Å². The first-order valence-corrected chi connectivity index (χ1v) is 49.0. The van der Waals surface area contributed by atoms with Gasteiger partial charge >= 0.3 is 36.1 Å². The number of carbonyl (C=O) groups is 10. The van der Waals surface area contributed by atoms with Crippen molar-refractivity contribution in [3.05, 3.63) is 144 Å². The minimum absolute atomic E-state index is 0.0921. The Hall–Kier alpha value is -8.98. The van der Waals surface area contributed by atoms with E-state index in [4.69, 9.17) is 28.4 Å². The van der Waals surface area contributed by atoms with Gasteiger partial charge in [-0.15, -0.1) is 0 Å². The van der Waals surface area contributed by atoms with Crippen molar-refractivity contribution < 1.29 is 86.6 Å². The first-order valence-electron chi connectivity index (χ1n) is 49.0. The van der Waals surface area contributed by atoms with E-state index in [2.05, 4.69) is 98.2 Å². The SMILES string of the molecule is CC.CC.COC(=O)[C@H](C)CCC[C@@H]1[C@H](Cc2ccccc2)N(C(=O)OC(C)(C)C)CN1[C@@H](CC(C)C)C(=O)[O-].COC(=O)[C@H](C)CCC[C@H]1[C@H](Cc2ccccc2)N(C(=O)OC(C)(C)C)CN1[C@@H](CC(C)C)C(=O)[O-].COC(=O)[C@H](C)N1CC[C@@H]2[C@H](Cc3ccccc3)CCN2[C@@H](CC(C)C)C1=O.COC(=O)[C@H](C)N1CC[C@H]2[C@H](Cc3ccccc3)CCN2[C@@H](CC(C)C)C1=O. The molecule has 0 radical (unpaired) electrons. The van der Waals surface area contributed by atoms with Crippen LogP contribution in [0, 0.1) is 47.3 Å². The number of benzene rings is 4. The van der Waals surface area contributed by atoms with E-state index in [1.807, 2.05) is 181 Å². The van der Waals surface area contributed by atoms with Crippen molar-refractivity contribution in [2.24, 2.45) is 47.3 Å². The van der Waals surface area contributed by atoms with E-state index >= 15 is 0 Å². The van der Waals surface area contributed by atoms with Crippen molar-refractivity contribution in [3.8, 4) is 0 Å². The summed E-state index contributed by atoms with van der Waals surface area (Å²) in [5, 5.41) is 24.6. The molecule has 6 aliphatic rings. The Morgan fingerprint density at radius 2 is 0.674 bits per heavy atom. The molecule has 0 N–H and O–H groups in total. The van der Waals surface area contributed by atoms with Crippen LogP contribution in [0.15, 0.2) is 121 Å². The number of nitrogens with zero attached hydrogens (tertiary/aromatic N) is 8. The van der Waals surface area contributed by atoms with E-state index in [0.717, 1.165) is 75.6 Å². The molecule has 6 aliphatic heterocycles. The van der Waals surface area contributed by atoms with Crippen molar-refractivity contribution in [2.45, 2.75) is 352 Å². The van der Waals surface area contributed by atoms with Crippen LogP contribution in [-0.2, 0) is 92.5 Å². The largest absolute Gasteiger partial charge is 0.548 e. The molecule has 4 aromatic rings.